The summed E-state index contributed by atoms with van der Waals surface area (Å²) in [5, 5.41) is 22.1. The first kappa shape index (κ1) is 40.5. The maximum atomic E-state index is 11.9. The van der Waals surface area contributed by atoms with Gasteiger partial charge in [0.15, 0.2) is 0 Å². The number of aliphatic carboxylic acids is 2. The van der Waals surface area contributed by atoms with Crippen molar-refractivity contribution >= 4 is 72.8 Å². The van der Waals surface area contributed by atoms with Gasteiger partial charge < -0.3 is 29.3 Å². The Labute approximate surface area is 288 Å². The first-order valence-corrected chi connectivity index (χ1v) is 16.1. The molecule has 2 rings (SSSR count). The van der Waals surface area contributed by atoms with E-state index < -0.39 is 35.6 Å². The first-order valence-electron chi connectivity index (χ1n) is 16.1. The van der Waals surface area contributed by atoms with Crippen molar-refractivity contribution < 1.29 is 38.9 Å². The molecule has 0 aromatic heterocycles. The second-order valence-electron chi connectivity index (χ2n) is 11.5. The van der Waals surface area contributed by atoms with Crippen molar-refractivity contribution in [3.05, 3.63) is 0 Å². The van der Waals surface area contributed by atoms with E-state index in [0.717, 1.165) is 51.4 Å². The third-order valence-electron chi connectivity index (χ3n) is 8.23. The third kappa shape index (κ3) is 18.0. The topological polar surface area (TPSA) is 133 Å². The molecule has 0 aliphatic heterocycles. The smallest absolute Gasteiger partial charge is 0.550 e. The first-order chi connectivity index (χ1) is 19.3. The number of hydrogen-bond acceptors (Lipinski definition) is 8. The number of rotatable bonds is 18. The van der Waals surface area contributed by atoms with Gasteiger partial charge in [0.05, 0.1) is 25.0 Å². The van der Waals surface area contributed by atoms with Crippen molar-refractivity contribution in [3.8, 4) is 0 Å². The van der Waals surface area contributed by atoms with Crippen LogP contribution in [0.1, 0.15) is 142 Å². The molecule has 0 aromatic rings. The number of esters is 2. The summed E-state index contributed by atoms with van der Waals surface area (Å²) in [4.78, 5) is 45.9. The van der Waals surface area contributed by atoms with E-state index in [1.54, 1.807) is 0 Å². The number of ether oxygens (including phenoxy) is 2. The second kappa shape index (κ2) is 25.9. The van der Waals surface area contributed by atoms with E-state index in [0.29, 0.717) is 38.9 Å². The van der Waals surface area contributed by atoms with Crippen LogP contribution in [0, 0.1) is 23.7 Å². The van der Waals surface area contributed by atoms with E-state index in [-0.39, 0.29) is 60.8 Å². The largest absolute Gasteiger partial charge is 2.00 e. The summed E-state index contributed by atoms with van der Waals surface area (Å²) >= 11 is 0. The Morgan fingerprint density at radius 2 is 0.805 bits per heavy atom. The van der Waals surface area contributed by atoms with E-state index in [1.807, 2.05) is 0 Å². The van der Waals surface area contributed by atoms with Crippen molar-refractivity contribution in [2.24, 2.45) is 23.7 Å². The van der Waals surface area contributed by atoms with E-state index in [1.165, 1.54) is 51.4 Å². The maximum absolute atomic E-state index is 11.9. The molecule has 4 atom stereocenters. The van der Waals surface area contributed by atoms with Gasteiger partial charge in [-0.3, -0.25) is 9.59 Å². The molecule has 0 saturated heterocycles. The molecule has 0 radical (unpaired) electrons. The minimum absolute atomic E-state index is 0. The Hall–Kier alpha value is -0.549. The predicted octanol–water partition coefficient (Wildman–Crippen LogP) is 4.51. The van der Waals surface area contributed by atoms with Crippen LogP contribution >= 0.6 is 0 Å². The molecule has 8 nitrogen and oxygen atoms in total. The van der Waals surface area contributed by atoms with Gasteiger partial charge >= 0.3 is 60.8 Å². The molecule has 9 heteroatoms. The summed E-state index contributed by atoms with van der Waals surface area (Å²) in [6, 6.07) is 0. The molecule has 0 heterocycles. The van der Waals surface area contributed by atoms with Crippen LogP contribution in [0.25, 0.3) is 0 Å². The summed E-state index contributed by atoms with van der Waals surface area (Å²) in [7, 11) is 0. The fourth-order valence-electron chi connectivity index (χ4n) is 5.71. The van der Waals surface area contributed by atoms with Crippen LogP contribution in [0.4, 0.5) is 0 Å². The zero-order valence-corrected chi connectivity index (χ0v) is 30.3. The SMILES string of the molecule is CCCCCCCCOC(=O)C1CCCCC1C(=O)[O-].CCCCCCCCOC(=O)C1CCCCC1C(=O)[O-].[Ba+2]. The van der Waals surface area contributed by atoms with Gasteiger partial charge in [-0.1, -0.05) is 104 Å². The average molecular weight is 704 g/mol. The van der Waals surface area contributed by atoms with Crippen molar-refractivity contribution in [1.82, 2.24) is 0 Å². The second-order valence-corrected chi connectivity index (χ2v) is 11.5. The van der Waals surface area contributed by atoms with Crippen molar-refractivity contribution in [2.75, 3.05) is 13.2 Å². The van der Waals surface area contributed by atoms with E-state index in [4.69, 9.17) is 9.47 Å². The Bertz CT molecular complexity index is 668. The van der Waals surface area contributed by atoms with Gasteiger partial charge in [-0.05, 0) is 38.5 Å². The van der Waals surface area contributed by atoms with Gasteiger partial charge in [0.25, 0.3) is 0 Å². The molecule has 2 aliphatic rings. The van der Waals surface area contributed by atoms with Crippen LogP contribution in [0.2, 0.25) is 0 Å². The molecule has 0 bridgehead atoms. The molecule has 2 saturated carbocycles. The van der Waals surface area contributed by atoms with Crippen LogP contribution < -0.4 is 10.2 Å². The van der Waals surface area contributed by atoms with Gasteiger partial charge in [0.1, 0.15) is 0 Å². The van der Waals surface area contributed by atoms with Gasteiger partial charge in [0, 0.05) is 23.8 Å². The molecule has 41 heavy (non-hydrogen) atoms. The van der Waals surface area contributed by atoms with Gasteiger partial charge in [-0.25, -0.2) is 0 Å². The van der Waals surface area contributed by atoms with Gasteiger partial charge in [-0.2, -0.15) is 0 Å². The summed E-state index contributed by atoms with van der Waals surface area (Å²) in [5.41, 5.74) is 0. The van der Waals surface area contributed by atoms with Crippen LogP contribution in [-0.2, 0) is 28.7 Å². The Morgan fingerprint density at radius 3 is 1.12 bits per heavy atom. The normalized spacial score (nSPS) is 21.9. The number of carbonyl (C=O) groups excluding carboxylic acids is 4. The minimum Gasteiger partial charge on any atom is -0.550 e. The maximum Gasteiger partial charge on any atom is 2.00 e. The van der Waals surface area contributed by atoms with Crippen LogP contribution in [-0.4, -0.2) is 86.0 Å². The van der Waals surface area contributed by atoms with Gasteiger partial charge in [0.2, 0.25) is 0 Å². The zero-order chi connectivity index (χ0) is 29.6. The molecular weight excluding hydrogens is 650 g/mol. The average Bonchev–Trinajstić information content (AvgIpc) is 2.96. The Balaban J connectivity index is 0.000000762. The summed E-state index contributed by atoms with van der Waals surface area (Å²) in [6.07, 6.45) is 19.5. The molecule has 2 aliphatic carbocycles. The predicted molar refractivity (Wildman–Crippen MR) is 155 cm³/mol. The van der Waals surface area contributed by atoms with Crippen LogP contribution in [0.5, 0.6) is 0 Å². The fraction of sp³-hybridized carbons (Fsp3) is 0.875. The van der Waals surface area contributed by atoms with Crippen molar-refractivity contribution in [3.63, 3.8) is 0 Å². The van der Waals surface area contributed by atoms with E-state index in [9.17, 15) is 29.4 Å². The van der Waals surface area contributed by atoms with E-state index >= 15 is 0 Å². The number of carboxylic acids is 2. The summed E-state index contributed by atoms with van der Waals surface area (Å²) < 4.78 is 10.5. The third-order valence-corrected chi connectivity index (χ3v) is 8.23. The molecule has 2 fully saturated rings. The Morgan fingerprint density at radius 1 is 0.512 bits per heavy atom. The van der Waals surface area contributed by atoms with Gasteiger partial charge in [-0.15, -0.1) is 0 Å². The summed E-state index contributed by atoms with van der Waals surface area (Å²) in [6.45, 7) is 5.20. The molecule has 232 valence electrons. The monoisotopic (exact) mass is 704 g/mol. The number of carboxylic acid groups (broad SMARTS) is 2. The molecule has 0 N–H and O–H groups in total. The van der Waals surface area contributed by atoms with Crippen molar-refractivity contribution in [2.45, 2.75) is 142 Å². The van der Waals surface area contributed by atoms with Crippen LogP contribution in [0.3, 0.4) is 0 Å². The minimum atomic E-state index is -1.11. The van der Waals surface area contributed by atoms with Crippen molar-refractivity contribution in [1.29, 1.82) is 0 Å². The molecule has 0 aromatic carbocycles. The molecular formula is C32H54BaO8. The number of hydrogen-bond donors (Lipinski definition) is 0. The Kier molecular flexibility index (Phi) is 25.6. The quantitative estimate of drug-likeness (QED) is 0.116. The number of carbonyl (C=O) groups is 4. The summed E-state index contributed by atoms with van der Waals surface area (Å²) in [5.74, 6) is -5.18. The fourth-order valence-corrected chi connectivity index (χ4v) is 5.71. The van der Waals surface area contributed by atoms with Crippen LogP contribution in [0.15, 0.2) is 0 Å². The molecule has 0 amide bonds. The zero-order valence-electron chi connectivity index (χ0n) is 25.8. The van der Waals surface area contributed by atoms with E-state index in [2.05, 4.69) is 13.8 Å². The molecule has 0 spiro atoms. The number of unbranched alkanes of at least 4 members (excludes halogenated alkanes) is 10. The standard InChI is InChI=1S/2C16H28O4.Ba/c2*1-2-3-4-5-6-9-12-20-16(19)14-11-8-7-10-13(14)15(17)18;/h2*13-14H,2-12H2,1H3,(H,17,18);/q;;+2/p-2. The molecule has 4 unspecified atom stereocenters.